The fourth-order valence-electron chi connectivity index (χ4n) is 2.11. The van der Waals surface area contributed by atoms with Gasteiger partial charge in [0.2, 0.25) is 5.91 Å². The second-order valence-electron chi connectivity index (χ2n) is 5.62. The molecule has 2 atom stereocenters. The maximum absolute atomic E-state index is 12.1. The van der Waals surface area contributed by atoms with Crippen LogP contribution in [0.1, 0.15) is 50.8 Å². The number of carbonyl (C=O) groups is 1. The van der Waals surface area contributed by atoms with Gasteiger partial charge >= 0.3 is 0 Å². The molecule has 3 heteroatoms. The summed E-state index contributed by atoms with van der Waals surface area (Å²) in [6, 6.07) is 7.90. The Morgan fingerprint density at radius 1 is 1.26 bits per heavy atom. The van der Waals surface area contributed by atoms with E-state index in [1.807, 2.05) is 0 Å². The average molecular weight is 262 g/mol. The Balaban J connectivity index is 2.66. The van der Waals surface area contributed by atoms with Crippen molar-refractivity contribution in [3.05, 3.63) is 35.4 Å². The number of nitrogens with two attached hydrogens (primary N) is 1. The van der Waals surface area contributed by atoms with E-state index in [1.165, 1.54) is 5.56 Å². The Morgan fingerprint density at radius 3 is 2.32 bits per heavy atom. The van der Waals surface area contributed by atoms with Crippen LogP contribution in [0.2, 0.25) is 0 Å². The Labute approximate surface area is 116 Å². The van der Waals surface area contributed by atoms with Gasteiger partial charge in [-0.15, -0.1) is 0 Å². The third kappa shape index (κ3) is 5.03. The average Bonchev–Trinajstić information content (AvgIpc) is 2.36. The second kappa shape index (κ2) is 7.29. The number of hydrogen-bond donors (Lipinski definition) is 2. The first kappa shape index (κ1) is 15.7. The standard InChI is InChI=1S/C16H26N2O/c1-5-15(13-8-6-12(4)7-9-13)18-16(19)14(17)10-11(2)3/h6-9,11,14-15H,5,10,17H2,1-4H3,(H,18,19)/t14-,15?/m1/s1. The first-order chi connectivity index (χ1) is 8.93. The molecule has 0 radical (unpaired) electrons. The Hall–Kier alpha value is -1.35. The van der Waals surface area contributed by atoms with Gasteiger partial charge in [-0.3, -0.25) is 4.79 Å². The predicted octanol–water partition coefficient (Wildman–Crippen LogP) is 2.94. The van der Waals surface area contributed by atoms with E-state index in [4.69, 9.17) is 5.73 Å². The minimum Gasteiger partial charge on any atom is -0.348 e. The summed E-state index contributed by atoms with van der Waals surface area (Å²) in [4.78, 5) is 12.1. The van der Waals surface area contributed by atoms with E-state index < -0.39 is 6.04 Å². The van der Waals surface area contributed by atoms with E-state index in [9.17, 15) is 4.79 Å². The summed E-state index contributed by atoms with van der Waals surface area (Å²) in [5.74, 6) is 0.376. The molecular weight excluding hydrogens is 236 g/mol. The molecule has 0 spiro atoms. The van der Waals surface area contributed by atoms with Gasteiger partial charge in [0.15, 0.2) is 0 Å². The second-order valence-corrected chi connectivity index (χ2v) is 5.62. The van der Waals surface area contributed by atoms with Crippen LogP contribution in [-0.4, -0.2) is 11.9 Å². The van der Waals surface area contributed by atoms with Gasteiger partial charge in [-0.05, 0) is 31.2 Å². The van der Waals surface area contributed by atoms with Crippen LogP contribution >= 0.6 is 0 Å². The van der Waals surface area contributed by atoms with Gasteiger partial charge in [0.05, 0.1) is 12.1 Å². The van der Waals surface area contributed by atoms with Crippen LogP contribution in [0.15, 0.2) is 24.3 Å². The molecule has 1 aromatic rings. The van der Waals surface area contributed by atoms with Gasteiger partial charge in [0.1, 0.15) is 0 Å². The molecule has 3 N–H and O–H groups in total. The zero-order valence-electron chi connectivity index (χ0n) is 12.4. The molecule has 0 saturated heterocycles. The smallest absolute Gasteiger partial charge is 0.237 e. The van der Waals surface area contributed by atoms with Crippen molar-refractivity contribution in [3.63, 3.8) is 0 Å². The van der Waals surface area contributed by atoms with Crippen molar-refractivity contribution in [2.24, 2.45) is 11.7 Å². The van der Waals surface area contributed by atoms with E-state index >= 15 is 0 Å². The molecule has 106 valence electrons. The fourth-order valence-corrected chi connectivity index (χ4v) is 2.11. The summed E-state index contributed by atoms with van der Waals surface area (Å²) >= 11 is 0. The lowest BCUT2D eigenvalue weighted by Gasteiger charge is -2.21. The normalized spacial score (nSPS) is 14.2. The molecule has 3 nitrogen and oxygen atoms in total. The van der Waals surface area contributed by atoms with Crippen LogP contribution in [0.25, 0.3) is 0 Å². The lowest BCUT2D eigenvalue weighted by atomic mass is 10.0. The van der Waals surface area contributed by atoms with Crippen LogP contribution < -0.4 is 11.1 Å². The van der Waals surface area contributed by atoms with Crippen LogP contribution in [0.3, 0.4) is 0 Å². The molecule has 0 bridgehead atoms. The van der Waals surface area contributed by atoms with Crippen molar-refractivity contribution in [3.8, 4) is 0 Å². The maximum Gasteiger partial charge on any atom is 0.237 e. The minimum atomic E-state index is -0.417. The highest BCUT2D eigenvalue weighted by Gasteiger charge is 2.18. The molecule has 0 heterocycles. The van der Waals surface area contributed by atoms with Gasteiger partial charge in [-0.1, -0.05) is 50.6 Å². The number of amides is 1. The Morgan fingerprint density at radius 2 is 1.84 bits per heavy atom. The molecule has 0 aliphatic rings. The number of rotatable bonds is 6. The van der Waals surface area contributed by atoms with Crippen molar-refractivity contribution in [2.45, 2.75) is 52.6 Å². The lowest BCUT2D eigenvalue weighted by molar-refractivity contribution is -0.123. The number of hydrogen-bond acceptors (Lipinski definition) is 2. The molecule has 0 aliphatic carbocycles. The van der Waals surface area contributed by atoms with Gasteiger partial charge < -0.3 is 11.1 Å². The van der Waals surface area contributed by atoms with E-state index in [0.717, 1.165) is 18.4 Å². The summed E-state index contributed by atoms with van der Waals surface area (Å²) in [6.45, 7) is 8.27. The van der Waals surface area contributed by atoms with Crippen molar-refractivity contribution in [1.82, 2.24) is 5.32 Å². The molecule has 0 aliphatic heterocycles. The minimum absolute atomic E-state index is 0.0475. The van der Waals surface area contributed by atoms with Gasteiger partial charge in [-0.2, -0.15) is 0 Å². The van der Waals surface area contributed by atoms with E-state index in [0.29, 0.717) is 5.92 Å². The summed E-state index contributed by atoms with van der Waals surface area (Å²) in [6.07, 6.45) is 1.58. The SMILES string of the molecule is CCC(NC(=O)[C@H](N)CC(C)C)c1ccc(C)cc1. The highest BCUT2D eigenvalue weighted by atomic mass is 16.2. The quantitative estimate of drug-likeness (QED) is 0.828. The van der Waals surface area contributed by atoms with Crippen molar-refractivity contribution < 1.29 is 4.79 Å². The third-order valence-electron chi connectivity index (χ3n) is 3.27. The number of benzene rings is 1. The lowest BCUT2D eigenvalue weighted by Crippen LogP contribution is -2.42. The first-order valence-electron chi connectivity index (χ1n) is 7.06. The Kier molecular flexibility index (Phi) is 6.03. The molecule has 1 rings (SSSR count). The zero-order chi connectivity index (χ0) is 14.4. The monoisotopic (exact) mass is 262 g/mol. The maximum atomic E-state index is 12.1. The summed E-state index contributed by atoms with van der Waals surface area (Å²) in [7, 11) is 0. The van der Waals surface area contributed by atoms with E-state index in [1.54, 1.807) is 0 Å². The van der Waals surface area contributed by atoms with Crippen LogP contribution in [0, 0.1) is 12.8 Å². The summed E-state index contributed by atoms with van der Waals surface area (Å²) < 4.78 is 0. The van der Waals surface area contributed by atoms with Crippen molar-refractivity contribution in [2.75, 3.05) is 0 Å². The molecule has 0 saturated carbocycles. The summed E-state index contributed by atoms with van der Waals surface area (Å²) in [5.41, 5.74) is 8.27. The molecule has 1 aromatic carbocycles. The van der Waals surface area contributed by atoms with Crippen molar-refractivity contribution in [1.29, 1.82) is 0 Å². The molecule has 0 aromatic heterocycles. The summed E-state index contributed by atoms with van der Waals surface area (Å²) in [5, 5.41) is 3.04. The van der Waals surface area contributed by atoms with Crippen molar-refractivity contribution >= 4 is 5.91 Å². The predicted molar refractivity (Wildman–Crippen MR) is 79.8 cm³/mol. The molecule has 1 unspecified atom stereocenters. The number of aryl methyl sites for hydroxylation is 1. The van der Waals surface area contributed by atoms with Gasteiger partial charge in [0, 0.05) is 0 Å². The van der Waals surface area contributed by atoms with E-state index in [2.05, 4.69) is 57.3 Å². The molecular formula is C16H26N2O. The van der Waals surface area contributed by atoms with Crippen LogP contribution in [0.5, 0.6) is 0 Å². The molecule has 1 amide bonds. The number of carbonyl (C=O) groups excluding carboxylic acids is 1. The van der Waals surface area contributed by atoms with E-state index in [-0.39, 0.29) is 11.9 Å². The largest absolute Gasteiger partial charge is 0.348 e. The van der Waals surface area contributed by atoms with Crippen LogP contribution in [0.4, 0.5) is 0 Å². The highest BCUT2D eigenvalue weighted by Crippen LogP contribution is 2.17. The fraction of sp³-hybridized carbons (Fsp3) is 0.562. The number of nitrogens with one attached hydrogen (secondary N) is 1. The highest BCUT2D eigenvalue weighted by molar-refractivity contribution is 5.81. The first-order valence-corrected chi connectivity index (χ1v) is 7.06. The topological polar surface area (TPSA) is 55.1 Å². The molecule has 0 fully saturated rings. The Bertz CT molecular complexity index is 398. The zero-order valence-corrected chi connectivity index (χ0v) is 12.4. The third-order valence-corrected chi connectivity index (χ3v) is 3.27. The van der Waals surface area contributed by atoms with Gasteiger partial charge in [0.25, 0.3) is 0 Å². The molecule has 19 heavy (non-hydrogen) atoms. The van der Waals surface area contributed by atoms with Gasteiger partial charge in [-0.25, -0.2) is 0 Å². The van der Waals surface area contributed by atoms with Crippen LogP contribution in [-0.2, 0) is 4.79 Å².